The van der Waals surface area contributed by atoms with Crippen LogP contribution in [0.1, 0.15) is 48.1 Å². The molecule has 0 atom stereocenters. The van der Waals surface area contributed by atoms with Crippen molar-refractivity contribution in [1.29, 1.82) is 0 Å². The summed E-state index contributed by atoms with van der Waals surface area (Å²) < 4.78 is 0. The Morgan fingerprint density at radius 3 is 3.05 bits per heavy atom. The number of carbonyl (C=O) groups is 1. The van der Waals surface area contributed by atoms with Crippen LogP contribution >= 0.6 is 11.3 Å². The molecule has 0 radical (unpaired) electrons. The number of aromatic amines is 1. The van der Waals surface area contributed by atoms with Crippen molar-refractivity contribution in [3.05, 3.63) is 28.5 Å². The lowest BCUT2D eigenvalue weighted by atomic mass is 10.2. The van der Waals surface area contributed by atoms with Crippen LogP contribution in [-0.4, -0.2) is 34.2 Å². The lowest BCUT2D eigenvalue weighted by molar-refractivity contribution is 0.0945. The molecule has 2 aromatic heterocycles. The van der Waals surface area contributed by atoms with E-state index in [0.717, 1.165) is 42.5 Å². The number of thiazole rings is 1. The summed E-state index contributed by atoms with van der Waals surface area (Å²) in [5.74, 6) is -0.158. The SMILES string of the molecule is CCCc1cc(C(=O)NCc2csc(N3CCCC3)n2)n[nH]1. The van der Waals surface area contributed by atoms with E-state index in [1.807, 2.05) is 11.4 Å². The molecule has 7 heteroatoms. The molecule has 22 heavy (non-hydrogen) atoms. The molecule has 118 valence electrons. The fraction of sp³-hybridized carbons (Fsp3) is 0.533. The Hall–Kier alpha value is -1.89. The van der Waals surface area contributed by atoms with Gasteiger partial charge in [0.05, 0.1) is 12.2 Å². The highest BCUT2D eigenvalue weighted by atomic mass is 32.1. The number of anilines is 1. The van der Waals surface area contributed by atoms with Gasteiger partial charge < -0.3 is 10.2 Å². The minimum atomic E-state index is -0.158. The maximum atomic E-state index is 12.1. The topological polar surface area (TPSA) is 73.9 Å². The number of hydrogen-bond donors (Lipinski definition) is 2. The van der Waals surface area contributed by atoms with Gasteiger partial charge in [0, 0.05) is 24.2 Å². The van der Waals surface area contributed by atoms with E-state index in [1.165, 1.54) is 12.8 Å². The molecule has 2 N–H and O–H groups in total. The zero-order chi connectivity index (χ0) is 15.4. The molecule has 6 nitrogen and oxygen atoms in total. The quantitative estimate of drug-likeness (QED) is 0.857. The molecule has 1 aliphatic rings. The van der Waals surface area contributed by atoms with Gasteiger partial charge in [-0.05, 0) is 25.3 Å². The summed E-state index contributed by atoms with van der Waals surface area (Å²) in [5.41, 5.74) is 2.35. The fourth-order valence-electron chi connectivity index (χ4n) is 2.57. The van der Waals surface area contributed by atoms with E-state index < -0.39 is 0 Å². The third-order valence-electron chi connectivity index (χ3n) is 3.73. The molecule has 1 aliphatic heterocycles. The van der Waals surface area contributed by atoms with Crippen molar-refractivity contribution in [2.24, 2.45) is 0 Å². The minimum absolute atomic E-state index is 0.158. The van der Waals surface area contributed by atoms with Crippen LogP contribution in [0.15, 0.2) is 11.4 Å². The monoisotopic (exact) mass is 319 g/mol. The summed E-state index contributed by atoms with van der Waals surface area (Å²) in [7, 11) is 0. The number of aromatic nitrogens is 3. The number of hydrogen-bond acceptors (Lipinski definition) is 5. The number of amides is 1. The van der Waals surface area contributed by atoms with Crippen molar-refractivity contribution < 1.29 is 4.79 Å². The molecule has 1 fully saturated rings. The molecule has 0 bridgehead atoms. The predicted octanol–water partition coefficient (Wildman–Crippen LogP) is 2.35. The van der Waals surface area contributed by atoms with Crippen LogP contribution in [0.25, 0.3) is 0 Å². The molecule has 0 aliphatic carbocycles. The van der Waals surface area contributed by atoms with Gasteiger partial charge in [0.15, 0.2) is 5.13 Å². The Morgan fingerprint density at radius 2 is 2.27 bits per heavy atom. The molecule has 0 spiro atoms. The summed E-state index contributed by atoms with van der Waals surface area (Å²) in [6.07, 6.45) is 4.42. The molecular formula is C15H21N5OS. The Balaban J connectivity index is 1.54. The van der Waals surface area contributed by atoms with Crippen LogP contribution in [-0.2, 0) is 13.0 Å². The number of H-pyrrole nitrogens is 1. The van der Waals surface area contributed by atoms with Crippen LogP contribution in [0.5, 0.6) is 0 Å². The second-order valence-corrected chi connectivity index (χ2v) is 6.36. The van der Waals surface area contributed by atoms with Crippen molar-refractivity contribution in [1.82, 2.24) is 20.5 Å². The highest BCUT2D eigenvalue weighted by Gasteiger charge is 2.16. The van der Waals surface area contributed by atoms with Gasteiger partial charge in [-0.2, -0.15) is 5.10 Å². The first-order chi connectivity index (χ1) is 10.8. The van der Waals surface area contributed by atoms with Crippen LogP contribution in [0, 0.1) is 0 Å². The maximum absolute atomic E-state index is 12.1. The standard InChI is InChI=1S/C15H21N5OS/c1-2-5-11-8-13(19-18-11)14(21)16-9-12-10-22-15(17-12)20-6-3-4-7-20/h8,10H,2-7,9H2,1H3,(H,16,21)(H,18,19). The third-order valence-corrected chi connectivity index (χ3v) is 4.68. The van der Waals surface area contributed by atoms with Gasteiger partial charge in [0.1, 0.15) is 5.69 Å². The first-order valence-electron chi connectivity index (χ1n) is 7.78. The third kappa shape index (κ3) is 3.47. The maximum Gasteiger partial charge on any atom is 0.272 e. The van der Waals surface area contributed by atoms with Crippen molar-refractivity contribution in [3.8, 4) is 0 Å². The van der Waals surface area contributed by atoms with Crippen molar-refractivity contribution in [2.45, 2.75) is 39.2 Å². The summed E-state index contributed by atoms with van der Waals surface area (Å²) in [4.78, 5) is 19.0. The predicted molar refractivity (Wildman–Crippen MR) is 87.3 cm³/mol. The van der Waals surface area contributed by atoms with Gasteiger partial charge in [0.25, 0.3) is 5.91 Å². The normalized spacial score (nSPS) is 14.5. The lowest BCUT2D eigenvalue weighted by Crippen LogP contribution is -2.23. The van der Waals surface area contributed by atoms with E-state index in [9.17, 15) is 4.79 Å². The highest BCUT2D eigenvalue weighted by molar-refractivity contribution is 7.13. The van der Waals surface area contributed by atoms with E-state index in [-0.39, 0.29) is 5.91 Å². The molecular weight excluding hydrogens is 298 g/mol. The van der Waals surface area contributed by atoms with Crippen LogP contribution in [0.3, 0.4) is 0 Å². The first-order valence-corrected chi connectivity index (χ1v) is 8.66. The van der Waals surface area contributed by atoms with E-state index in [1.54, 1.807) is 11.3 Å². The van der Waals surface area contributed by atoms with Gasteiger partial charge in [0.2, 0.25) is 0 Å². The van der Waals surface area contributed by atoms with Crippen molar-refractivity contribution in [3.63, 3.8) is 0 Å². The summed E-state index contributed by atoms with van der Waals surface area (Å²) in [5, 5.41) is 12.9. The van der Waals surface area contributed by atoms with Gasteiger partial charge in [-0.1, -0.05) is 13.3 Å². The number of rotatable bonds is 6. The van der Waals surface area contributed by atoms with Crippen LogP contribution in [0.2, 0.25) is 0 Å². The van der Waals surface area contributed by atoms with E-state index in [4.69, 9.17) is 0 Å². The molecule has 0 aromatic carbocycles. The highest BCUT2D eigenvalue weighted by Crippen LogP contribution is 2.24. The smallest absolute Gasteiger partial charge is 0.272 e. The second-order valence-electron chi connectivity index (χ2n) is 5.53. The van der Waals surface area contributed by atoms with Crippen molar-refractivity contribution in [2.75, 3.05) is 18.0 Å². The number of nitrogens with zero attached hydrogens (tertiary/aromatic N) is 3. The molecule has 1 saturated heterocycles. The van der Waals surface area contributed by atoms with E-state index >= 15 is 0 Å². The van der Waals surface area contributed by atoms with Crippen molar-refractivity contribution >= 4 is 22.4 Å². The van der Waals surface area contributed by atoms with E-state index in [0.29, 0.717) is 12.2 Å². The molecule has 1 amide bonds. The van der Waals surface area contributed by atoms with Crippen LogP contribution < -0.4 is 10.2 Å². The zero-order valence-electron chi connectivity index (χ0n) is 12.8. The first kappa shape index (κ1) is 15.0. The zero-order valence-corrected chi connectivity index (χ0v) is 13.6. The summed E-state index contributed by atoms with van der Waals surface area (Å²) >= 11 is 1.65. The number of aryl methyl sites for hydroxylation is 1. The summed E-state index contributed by atoms with van der Waals surface area (Å²) in [6.45, 7) is 4.72. The second kappa shape index (κ2) is 6.91. The molecule has 3 heterocycles. The fourth-order valence-corrected chi connectivity index (χ4v) is 3.45. The van der Waals surface area contributed by atoms with E-state index in [2.05, 4.69) is 32.3 Å². The number of nitrogens with one attached hydrogen (secondary N) is 2. The minimum Gasteiger partial charge on any atom is -0.348 e. The van der Waals surface area contributed by atoms with Gasteiger partial charge >= 0.3 is 0 Å². The Morgan fingerprint density at radius 1 is 1.45 bits per heavy atom. The Labute approximate surface area is 133 Å². The average molecular weight is 319 g/mol. The molecule has 2 aromatic rings. The van der Waals surface area contributed by atoms with Crippen LogP contribution in [0.4, 0.5) is 5.13 Å². The Kier molecular flexibility index (Phi) is 4.72. The average Bonchev–Trinajstić information content (AvgIpc) is 3.25. The van der Waals surface area contributed by atoms with Gasteiger partial charge in [-0.15, -0.1) is 11.3 Å². The Bertz CT molecular complexity index is 629. The summed E-state index contributed by atoms with van der Waals surface area (Å²) in [6, 6.07) is 1.82. The van der Waals surface area contributed by atoms with Gasteiger partial charge in [-0.25, -0.2) is 4.98 Å². The number of carbonyl (C=O) groups excluding carboxylic acids is 1. The molecule has 3 rings (SSSR count). The van der Waals surface area contributed by atoms with Gasteiger partial charge in [-0.3, -0.25) is 9.89 Å². The largest absolute Gasteiger partial charge is 0.348 e. The molecule has 0 unspecified atom stereocenters. The molecule has 0 saturated carbocycles. The lowest BCUT2D eigenvalue weighted by Gasteiger charge is -2.12.